The summed E-state index contributed by atoms with van der Waals surface area (Å²) in [5.41, 5.74) is 16.0. The van der Waals surface area contributed by atoms with Crippen LogP contribution in [0.4, 0.5) is 0 Å². The molecule has 0 aromatic heterocycles. The maximum absolute atomic E-state index is 6.63. The highest BCUT2D eigenvalue weighted by Crippen LogP contribution is 2.51. The summed E-state index contributed by atoms with van der Waals surface area (Å²) < 4.78 is 0. The van der Waals surface area contributed by atoms with Crippen LogP contribution in [0.15, 0.2) is 35.6 Å². The Hall–Kier alpha value is -1.02. The average Bonchev–Trinajstić information content (AvgIpc) is 2.51. The molecule has 0 saturated heterocycles. The third-order valence-electron chi connectivity index (χ3n) is 6.58. The zero-order chi connectivity index (χ0) is 15.7. The lowest BCUT2D eigenvalue weighted by Gasteiger charge is -2.50. The van der Waals surface area contributed by atoms with E-state index in [0.29, 0.717) is 23.8 Å². The first-order valence-electron chi connectivity index (χ1n) is 9.10. The molecule has 0 heterocycles. The predicted octanol–water partition coefficient (Wildman–Crippen LogP) is 4.29. The largest absolute Gasteiger partial charge is 0.402 e. The summed E-state index contributed by atoms with van der Waals surface area (Å²) in [6, 6.07) is 0.303. The Kier molecular flexibility index (Phi) is 4.49. The van der Waals surface area contributed by atoms with Crippen LogP contribution < -0.4 is 11.5 Å². The van der Waals surface area contributed by atoms with Gasteiger partial charge in [-0.25, -0.2) is 0 Å². The first-order valence-corrected chi connectivity index (χ1v) is 9.10. The first kappa shape index (κ1) is 15.9. The molecule has 5 unspecified atom stereocenters. The predicted molar refractivity (Wildman–Crippen MR) is 94.0 cm³/mol. The van der Waals surface area contributed by atoms with E-state index in [0.717, 1.165) is 12.8 Å². The van der Waals surface area contributed by atoms with Gasteiger partial charge in [-0.1, -0.05) is 38.2 Å². The molecule has 122 valence electrons. The molecule has 2 nitrogen and oxygen atoms in total. The van der Waals surface area contributed by atoms with Crippen molar-refractivity contribution >= 4 is 0 Å². The minimum atomic E-state index is 0.189. The fraction of sp³-hybridized carbons (Fsp3) is 0.700. The van der Waals surface area contributed by atoms with Crippen LogP contribution in [0.5, 0.6) is 0 Å². The van der Waals surface area contributed by atoms with E-state index < -0.39 is 0 Å². The summed E-state index contributed by atoms with van der Waals surface area (Å²) in [5, 5.41) is 0. The Bertz CT molecular complexity index is 502. The summed E-state index contributed by atoms with van der Waals surface area (Å²) in [6.07, 6.45) is 17.6. The lowest BCUT2D eigenvalue weighted by molar-refractivity contribution is 0.0715. The van der Waals surface area contributed by atoms with Gasteiger partial charge in [0, 0.05) is 11.7 Å². The fourth-order valence-corrected chi connectivity index (χ4v) is 5.13. The molecule has 3 aliphatic rings. The molecule has 4 N–H and O–H groups in total. The SMILES string of the molecule is CC1C=CC=CC1C1(C)CC(C2=C(N)CCCC2)CCC1N. The molecule has 0 bridgehead atoms. The smallest absolute Gasteiger partial charge is 0.00992 e. The van der Waals surface area contributed by atoms with Crippen molar-refractivity contribution in [1.82, 2.24) is 0 Å². The lowest BCUT2D eigenvalue weighted by Crippen LogP contribution is -2.50. The molecule has 2 heteroatoms. The molecule has 0 aromatic rings. The van der Waals surface area contributed by atoms with Crippen molar-refractivity contribution in [2.24, 2.45) is 34.6 Å². The Morgan fingerprint density at radius 1 is 1.09 bits per heavy atom. The van der Waals surface area contributed by atoms with E-state index in [1.807, 2.05) is 0 Å². The van der Waals surface area contributed by atoms with Gasteiger partial charge in [-0.05, 0) is 73.7 Å². The minimum absolute atomic E-state index is 0.189. The van der Waals surface area contributed by atoms with Crippen LogP contribution in [-0.2, 0) is 0 Å². The second-order valence-corrected chi connectivity index (χ2v) is 8.00. The Labute approximate surface area is 135 Å². The Morgan fingerprint density at radius 2 is 1.82 bits per heavy atom. The second-order valence-electron chi connectivity index (χ2n) is 8.00. The highest BCUT2D eigenvalue weighted by Gasteiger charge is 2.45. The summed E-state index contributed by atoms with van der Waals surface area (Å²) in [7, 11) is 0. The molecular formula is C20H32N2. The van der Waals surface area contributed by atoms with Gasteiger partial charge in [-0.3, -0.25) is 0 Å². The van der Waals surface area contributed by atoms with Gasteiger partial charge < -0.3 is 11.5 Å². The van der Waals surface area contributed by atoms with E-state index in [9.17, 15) is 0 Å². The van der Waals surface area contributed by atoms with Gasteiger partial charge in [-0.2, -0.15) is 0 Å². The van der Waals surface area contributed by atoms with Gasteiger partial charge in [0.2, 0.25) is 0 Å². The maximum atomic E-state index is 6.63. The van der Waals surface area contributed by atoms with Crippen molar-refractivity contribution in [2.75, 3.05) is 0 Å². The molecule has 0 aliphatic heterocycles. The molecule has 0 amide bonds. The van der Waals surface area contributed by atoms with Crippen LogP contribution in [0.1, 0.15) is 58.8 Å². The molecule has 1 fully saturated rings. The van der Waals surface area contributed by atoms with Gasteiger partial charge in [0.25, 0.3) is 0 Å². The van der Waals surface area contributed by atoms with Gasteiger partial charge >= 0.3 is 0 Å². The zero-order valence-electron chi connectivity index (χ0n) is 14.2. The first-order chi connectivity index (χ1) is 10.5. The van der Waals surface area contributed by atoms with Crippen LogP contribution in [-0.4, -0.2) is 6.04 Å². The maximum Gasteiger partial charge on any atom is 0.00992 e. The summed E-state index contributed by atoms with van der Waals surface area (Å²) >= 11 is 0. The normalized spacial score (nSPS) is 42.7. The third kappa shape index (κ3) is 2.78. The molecule has 0 radical (unpaired) electrons. The number of allylic oxidation sites excluding steroid dienone is 6. The monoisotopic (exact) mass is 300 g/mol. The lowest BCUT2D eigenvalue weighted by atomic mass is 9.56. The van der Waals surface area contributed by atoms with E-state index in [-0.39, 0.29) is 5.41 Å². The standard InChI is InChI=1S/C20H32N2/c1-14-7-3-5-9-17(14)20(2)13-15(11-12-19(20)22)16-8-4-6-10-18(16)21/h3,5,7,9,14-15,17,19H,4,6,8,10-13,21-22H2,1-2H3. The van der Waals surface area contributed by atoms with Crippen LogP contribution >= 0.6 is 0 Å². The number of hydrogen-bond donors (Lipinski definition) is 2. The summed E-state index contributed by atoms with van der Waals surface area (Å²) in [5.74, 6) is 1.80. The van der Waals surface area contributed by atoms with E-state index in [4.69, 9.17) is 11.5 Å². The average molecular weight is 300 g/mol. The van der Waals surface area contributed by atoms with Crippen molar-refractivity contribution in [3.63, 3.8) is 0 Å². The van der Waals surface area contributed by atoms with Gasteiger partial charge in [0.15, 0.2) is 0 Å². The van der Waals surface area contributed by atoms with E-state index in [2.05, 4.69) is 38.2 Å². The number of nitrogens with two attached hydrogens (primary N) is 2. The Balaban J connectivity index is 1.84. The molecule has 1 saturated carbocycles. The summed E-state index contributed by atoms with van der Waals surface area (Å²) in [4.78, 5) is 0. The zero-order valence-corrected chi connectivity index (χ0v) is 14.2. The van der Waals surface area contributed by atoms with Crippen molar-refractivity contribution < 1.29 is 0 Å². The molecular weight excluding hydrogens is 268 g/mol. The van der Waals surface area contributed by atoms with Crippen LogP contribution in [0.2, 0.25) is 0 Å². The quantitative estimate of drug-likeness (QED) is 0.799. The Morgan fingerprint density at radius 3 is 2.55 bits per heavy atom. The van der Waals surface area contributed by atoms with Crippen molar-refractivity contribution in [1.29, 1.82) is 0 Å². The molecule has 3 rings (SSSR count). The fourth-order valence-electron chi connectivity index (χ4n) is 5.13. The molecule has 0 spiro atoms. The second kappa shape index (κ2) is 6.23. The van der Waals surface area contributed by atoms with Gasteiger partial charge in [0.1, 0.15) is 0 Å². The highest BCUT2D eigenvalue weighted by atomic mass is 14.7. The van der Waals surface area contributed by atoms with E-state index in [1.54, 1.807) is 5.57 Å². The van der Waals surface area contributed by atoms with Gasteiger partial charge in [0.05, 0.1) is 0 Å². The molecule has 22 heavy (non-hydrogen) atoms. The van der Waals surface area contributed by atoms with Crippen LogP contribution in [0, 0.1) is 23.2 Å². The van der Waals surface area contributed by atoms with Crippen LogP contribution in [0.3, 0.4) is 0 Å². The number of hydrogen-bond acceptors (Lipinski definition) is 2. The highest BCUT2D eigenvalue weighted by molar-refractivity contribution is 5.22. The van der Waals surface area contributed by atoms with Crippen molar-refractivity contribution in [3.05, 3.63) is 35.6 Å². The molecule has 0 aromatic carbocycles. The molecule has 5 atom stereocenters. The van der Waals surface area contributed by atoms with Crippen molar-refractivity contribution in [2.45, 2.75) is 64.8 Å². The van der Waals surface area contributed by atoms with Crippen LogP contribution in [0.25, 0.3) is 0 Å². The third-order valence-corrected chi connectivity index (χ3v) is 6.58. The summed E-state index contributed by atoms with van der Waals surface area (Å²) in [6.45, 7) is 4.76. The topological polar surface area (TPSA) is 52.0 Å². The van der Waals surface area contributed by atoms with Gasteiger partial charge in [-0.15, -0.1) is 0 Å². The number of rotatable bonds is 2. The van der Waals surface area contributed by atoms with E-state index >= 15 is 0 Å². The molecule has 3 aliphatic carbocycles. The minimum Gasteiger partial charge on any atom is -0.402 e. The van der Waals surface area contributed by atoms with Crippen molar-refractivity contribution in [3.8, 4) is 0 Å². The van der Waals surface area contributed by atoms with E-state index in [1.165, 1.54) is 37.8 Å².